The monoisotopic (exact) mass is 522 g/mol. The number of anilines is 1. The summed E-state index contributed by atoms with van der Waals surface area (Å²) in [6.07, 6.45) is 7.05. The summed E-state index contributed by atoms with van der Waals surface area (Å²) in [4.78, 5) is 27.4. The normalized spacial score (nSPS) is 26.4. The molecule has 1 aromatic carbocycles. The van der Waals surface area contributed by atoms with Crippen LogP contribution in [0.25, 0.3) is 22.6 Å². The first kappa shape index (κ1) is 21.8. The van der Waals surface area contributed by atoms with Gasteiger partial charge in [0.05, 0.1) is 29.3 Å². The van der Waals surface area contributed by atoms with Crippen LogP contribution in [0.4, 0.5) is 5.69 Å². The van der Waals surface area contributed by atoms with Crippen LogP contribution < -0.4 is 11.1 Å². The topological polar surface area (TPSA) is 109 Å². The van der Waals surface area contributed by atoms with E-state index < -0.39 is 0 Å². The molecule has 2 aromatic heterocycles. The Bertz CT molecular complexity index is 1270. The number of benzene rings is 1. The average molecular weight is 523 g/mol. The van der Waals surface area contributed by atoms with Gasteiger partial charge < -0.3 is 20.8 Å². The largest absolute Gasteiger partial charge is 0.379 e. The van der Waals surface area contributed by atoms with Crippen molar-refractivity contribution in [2.24, 2.45) is 23.5 Å². The highest BCUT2D eigenvalue weighted by Crippen LogP contribution is 2.46. The first-order chi connectivity index (χ1) is 16.6. The molecule has 9 heteroatoms. The number of amides is 1. The van der Waals surface area contributed by atoms with Crippen LogP contribution in [-0.4, -0.2) is 58.1 Å². The summed E-state index contributed by atoms with van der Waals surface area (Å²) in [5.41, 5.74) is 10.3. The highest BCUT2D eigenvalue weighted by Gasteiger charge is 2.47. The highest BCUT2D eigenvalue weighted by molar-refractivity contribution is 9.10. The minimum absolute atomic E-state index is 0.0435. The van der Waals surface area contributed by atoms with Crippen LogP contribution in [0.5, 0.6) is 0 Å². The van der Waals surface area contributed by atoms with Crippen molar-refractivity contribution in [3.8, 4) is 11.4 Å². The molecule has 34 heavy (non-hydrogen) atoms. The molecule has 2 aliphatic carbocycles. The number of hydrogen-bond donors (Lipinski definition) is 3. The zero-order valence-corrected chi connectivity index (χ0v) is 20.3. The number of nitrogens with one attached hydrogen (secondary N) is 2. The number of allylic oxidation sites excluding steroid dienone is 1. The number of halogens is 1. The van der Waals surface area contributed by atoms with E-state index in [0.29, 0.717) is 5.65 Å². The van der Waals surface area contributed by atoms with E-state index in [2.05, 4.69) is 72.5 Å². The summed E-state index contributed by atoms with van der Waals surface area (Å²) in [6.45, 7) is 4.36. The van der Waals surface area contributed by atoms with Crippen molar-refractivity contribution in [3.63, 3.8) is 0 Å². The number of carbonyl (C=O) groups excluding carboxylic acids is 1. The van der Waals surface area contributed by atoms with Crippen molar-refractivity contribution in [2.75, 3.05) is 31.6 Å². The van der Waals surface area contributed by atoms with Gasteiger partial charge in [-0.15, -0.1) is 0 Å². The van der Waals surface area contributed by atoms with Crippen LogP contribution in [-0.2, 0) is 16.1 Å². The lowest BCUT2D eigenvalue weighted by Crippen LogP contribution is -2.41. The predicted octanol–water partition coefficient (Wildman–Crippen LogP) is 3.31. The van der Waals surface area contributed by atoms with Gasteiger partial charge in [0.2, 0.25) is 5.91 Å². The molecule has 2 fully saturated rings. The molecule has 0 spiro atoms. The molecule has 1 aliphatic heterocycles. The lowest BCUT2D eigenvalue weighted by atomic mass is 9.88. The number of carbonyl (C=O) groups is 1. The Hall–Kier alpha value is -2.75. The van der Waals surface area contributed by atoms with Gasteiger partial charge in [0, 0.05) is 37.4 Å². The Balaban J connectivity index is 1.31. The SMILES string of the molecule is NC(=O)[C@@H]1[C@H](Nc2c(Br)cnc3nc(-c4cccc(CN5CCOCC5)c4)[nH]c23)[C@H]2C=C[C@@H]1C2. The van der Waals surface area contributed by atoms with Crippen molar-refractivity contribution in [3.05, 3.63) is 52.7 Å². The summed E-state index contributed by atoms with van der Waals surface area (Å²) in [5, 5.41) is 3.62. The number of nitrogens with two attached hydrogens (primary N) is 1. The maximum atomic E-state index is 12.2. The quantitative estimate of drug-likeness (QED) is 0.428. The van der Waals surface area contributed by atoms with Gasteiger partial charge in [-0.3, -0.25) is 9.69 Å². The molecular weight excluding hydrogens is 496 g/mol. The predicted molar refractivity (Wildman–Crippen MR) is 134 cm³/mol. The molecule has 1 saturated heterocycles. The third-order valence-electron chi connectivity index (χ3n) is 7.28. The number of hydrogen-bond acceptors (Lipinski definition) is 6. The van der Waals surface area contributed by atoms with E-state index in [1.54, 1.807) is 6.20 Å². The van der Waals surface area contributed by atoms with Crippen LogP contribution in [0, 0.1) is 17.8 Å². The molecule has 2 bridgehead atoms. The Morgan fingerprint density at radius 2 is 2.09 bits per heavy atom. The number of imidazole rings is 1. The van der Waals surface area contributed by atoms with Crippen LogP contribution in [0.1, 0.15) is 12.0 Å². The number of H-pyrrole nitrogens is 1. The van der Waals surface area contributed by atoms with Crippen molar-refractivity contribution < 1.29 is 9.53 Å². The number of rotatable bonds is 6. The highest BCUT2D eigenvalue weighted by atomic mass is 79.9. The van der Waals surface area contributed by atoms with Gasteiger partial charge in [0.1, 0.15) is 11.3 Å². The van der Waals surface area contributed by atoms with Crippen LogP contribution in [0.2, 0.25) is 0 Å². The van der Waals surface area contributed by atoms with Crippen molar-refractivity contribution >= 4 is 38.7 Å². The fourth-order valence-corrected chi connectivity index (χ4v) is 6.03. The number of fused-ring (bicyclic) bond motifs is 3. The van der Waals surface area contributed by atoms with Gasteiger partial charge in [-0.2, -0.15) is 0 Å². The van der Waals surface area contributed by atoms with E-state index in [0.717, 1.165) is 66.3 Å². The van der Waals surface area contributed by atoms with E-state index in [9.17, 15) is 4.79 Å². The molecule has 3 aromatic rings. The number of ether oxygens (including phenoxy) is 1. The molecule has 0 unspecified atom stereocenters. The summed E-state index contributed by atoms with van der Waals surface area (Å²) in [5.74, 6) is 0.800. The standard InChI is InChI=1S/C25H27BrN6O2/c26-18-12-28-25-22(21(18)29-20-16-5-4-15(11-16)19(20)23(27)33)30-24(31-25)17-3-1-2-14(10-17)13-32-6-8-34-9-7-32/h1-5,10,12,15-16,19-20H,6-9,11,13H2,(H2,27,33)(H2,28,29,30,31)/t15-,16+,19+,20-/m1/s1. The van der Waals surface area contributed by atoms with Gasteiger partial charge in [0.25, 0.3) is 0 Å². The lowest BCUT2D eigenvalue weighted by Gasteiger charge is -2.28. The average Bonchev–Trinajstić information content (AvgIpc) is 3.56. The second-order valence-electron chi connectivity index (χ2n) is 9.40. The maximum absolute atomic E-state index is 12.2. The second kappa shape index (κ2) is 8.79. The van der Waals surface area contributed by atoms with E-state index in [1.807, 2.05) is 0 Å². The third kappa shape index (κ3) is 3.91. The first-order valence-corrected chi connectivity index (χ1v) is 12.5. The summed E-state index contributed by atoms with van der Waals surface area (Å²) < 4.78 is 6.29. The van der Waals surface area contributed by atoms with Crippen molar-refractivity contribution in [1.29, 1.82) is 0 Å². The lowest BCUT2D eigenvalue weighted by molar-refractivity contribution is -0.122. The zero-order valence-electron chi connectivity index (χ0n) is 18.7. The number of primary amides is 1. The van der Waals surface area contributed by atoms with E-state index in [1.165, 1.54) is 5.56 Å². The minimum Gasteiger partial charge on any atom is -0.379 e. The molecule has 1 saturated carbocycles. The van der Waals surface area contributed by atoms with Crippen LogP contribution in [0.3, 0.4) is 0 Å². The number of nitrogens with zero attached hydrogens (tertiary/aromatic N) is 3. The van der Waals surface area contributed by atoms with E-state index >= 15 is 0 Å². The molecular formula is C25H27BrN6O2. The zero-order chi connectivity index (χ0) is 23.2. The van der Waals surface area contributed by atoms with Gasteiger partial charge >= 0.3 is 0 Å². The van der Waals surface area contributed by atoms with Crippen molar-refractivity contribution in [2.45, 2.75) is 19.0 Å². The molecule has 8 nitrogen and oxygen atoms in total. The smallest absolute Gasteiger partial charge is 0.223 e. The van der Waals surface area contributed by atoms with E-state index in [-0.39, 0.29) is 29.7 Å². The molecule has 3 heterocycles. The Morgan fingerprint density at radius 1 is 1.26 bits per heavy atom. The maximum Gasteiger partial charge on any atom is 0.223 e. The van der Waals surface area contributed by atoms with Gasteiger partial charge in [-0.05, 0) is 45.8 Å². The number of aromatic amines is 1. The molecule has 6 rings (SSSR count). The van der Waals surface area contributed by atoms with Gasteiger partial charge in [-0.1, -0.05) is 30.4 Å². The summed E-state index contributed by atoms with van der Waals surface area (Å²) in [6, 6.07) is 8.42. The number of morpholine rings is 1. The van der Waals surface area contributed by atoms with Crippen molar-refractivity contribution in [1.82, 2.24) is 19.9 Å². The van der Waals surface area contributed by atoms with Crippen LogP contribution >= 0.6 is 15.9 Å². The number of pyridine rings is 1. The van der Waals surface area contributed by atoms with Gasteiger partial charge in [0.15, 0.2) is 5.65 Å². The summed E-state index contributed by atoms with van der Waals surface area (Å²) in [7, 11) is 0. The first-order valence-electron chi connectivity index (χ1n) is 11.7. The molecule has 0 radical (unpaired) electrons. The third-order valence-corrected chi connectivity index (χ3v) is 7.88. The minimum atomic E-state index is -0.252. The van der Waals surface area contributed by atoms with Crippen LogP contribution in [0.15, 0.2) is 47.1 Å². The fourth-order valence-electron chi connectivity index (χ4n) is 5.62. The molecule has 1 amide bonds. The second-order valence-corrected chi connectivity index (χ2v) is 10.3. The Kier molecular flexibility index (Phi) is 5.63. The Morgan fingerprint density at radius 3 is 2.91 bits per heavy atom. The summed E-state index contributed by atoms with van der Waals surface area (Å²) >= 11 is 3.64. The molecule has 176 valence electrons. The Labute approximate surface area is 206 Å². The molecule has 4 atom stereocenters. The number of aromatic nitrogens is 3. The van der Waals surface area contributed by atoms with E-state index in [4.69, 9.17) is 15.5 Å². The fraction of sp³-hybridized carbons (Fsp3) is 0.400. The van der Waals surface area contributed by atoms with Gasteiger partial charge in [-0.25, -0.2) is 9.97 Å². The molecule has 3 aliphatic rings. The molecule has 4 N–H and O–H groups in total.